The molecule has 19 nitrogen and oxygen atoms in total. The van der Waals surface area contributed by atoms with Crippen molar-refractivity contribution < 1.29 is 92.9 Å². The van der Waals surface area contributed by atoms with Crippen molar-refractivity contribution in [1.29, 1.82) is 0 Å². The molecule has 3 heterocycles. The molecule has 4 aromatic carbocycles. The van der Waals surface area contributed by atoms with E-state index in [1.807, 2.05) is 0 Å². The standard InChI is InChI=1S/C42H43FNO18P/c43-22-11-6-20(7-12-22)27(59-41-34(49)30(45)32(47)36(61-41)39(52)53)17-16-26-29(44(38(26)51)23-4-2-1-3-5-23)25-15-10-21(19-8-13-24(14-9-19)63(56,57)58)18-28(25)60-42-35(50)31(46)33(48)37(62-42)40(54)55/h1-15,18,26-27,29-37,41-42,45-50H,16-17H2,(H,52,53)(H,54,55)(H2,56,57,58)/t26-,27+,29-,30+,31+,32+,33+,34?,35?,36?,37?,41-,42-/m1/s1. The number of aliphatic hydroxyl groups excluding tert-OH is 6. The zero-order valence-electron chi connectivity index (χ0n) is 32.7. The summed E-state index contributed by atoms with van der Waals surface area (Å²) in [5.41, 5.74) is 1.79. The summed E-state index contributed by atoms with van der Waals surface area (Å²) in [6, 6.07) is 22.3. The lowest BCUT2D eigenvalue weighted by Gasteiger charge is -2.48. The first-order valence-electron chi connectivity index (χ1n) is 19.5. The number of para-hydroxylation sites is 1. The van der Waals surface area contributed by atoms with Crippen LogP contribution in [0, 0.1) is 11.7 Å². The van der Waals surface area contributed by atoms with Crippen LogP contribution in [0.2, 0.25) is 0 Å². The Balaban J connectivity index is 1.27. The Bertz CT molecular complexity index is 2330. The van der Waals surface area contributed by atoms with Gasteiger partial charge in [0.15, 0.2) is 18.5 Å². The predicted octanol–water partition coefficient (Wildman–Crippen LogP) is 0.701. The number of β-lactam (4-membered cyclic amide) rings is 1. The summed E-state index contributed by atoms with van der Waals surface area (Å²) in [5.74, 6) is -5.40. The molecule has 21 heteroatoms. The van der Waals surface area contributed by atoms with Gasteiger partial charge in [-0.1, -0.05) is 54.6 Å². The summed E-state index contributed by atoms with van der Waals surface area (Å²) < 4.78 is 49.0. The molecule has 3 saturated heterocycles. The monoisotopic (exact) mass is 899 g/mol. The average Bonchev–Trinajstić information content (AvgIpc) is 3.25. The van der Waals surface area contributed by atoms with Gasteiger partial charge in [0.05, 0.1) is 23.4 Å². The van der Waals surface area contributed by atoms with Gasteiger partial charge in [-0.3, -0.25) is 9.36 Å². The normalized spacial score (nSPS) is 30.3. The van der Waals surface area contributed by atoms with E-state index < -0.39 is 111 Å². The molecule has 0 saturated carbocycles. The van der Waals surface area contributed by atoms with Gasteiger partial charge in [-0.2, -0.15) is 0 Å². The van der Waals surface area contributed by atoms with Crippen LogP contribution in [-0.4, -0.2) is 130 Å². The van der Waals surface area contributed by atoms with Crippen LogP contribution in [0.25, 0.3) is 11.1 Å². The third-order valence-electron chi connectivity index (χ3n) is 11.3. The zero-order valence-corrected chi connectivity index (χ0v) is 33.6. The lowest BCUT2D eigenvalue weighted by atomic mass is 9.77. The van der Waals surface area contributed by atoms with E-state index in [2.05, 4.69) is 0 Å². The third kappa shape index (κ3) is 9.39. The molecule has 63 heavy (non-hydrogen) atoms. The first-order chi connectivity index (χ1) is 29.8. The second-order valence-electron chi connectivity index (χ2n) is 15.3. The molecular weight excluding hydrogens is 856 g/mol. The number of carbonyl (C=O) groups excluding carboxylic acids is 1. The number of hydrogen-bond donors (Lipinski definition) is 10. The van der Waals surface area contributed by atoms with Crippen molar-refractivity contribution in [3.05, 3.63) is 114 Å². The second-order valence-corrected chi connectivity index (χ2v) is 16.9. The van der Waals surface area contributed by atoms with E-state index in [4.69, 9.17) is 18.9 Å². The van der Waals surface area contributed by atoms with Crippen molar-refractivity contribution in [2.45, 2.75) is 86.4 Å². The largest absolute Gasteiger partial charge is 0.479 e. The molecule has 10 N–H and O–H groups in total. The Morgan fingerprint density at radius 3 is 1.84 bits per heavy atom. The number of carbonyl (C=O) groups is 3. The number of carboxylic acid groups (broad SMARTS) is 2. The number of amides is 1. The lowest BCUT2D eigenvalue weighted by Crippen LogP contribution is -2.61. The fourth-order valence-corrected chi connectivity index (χ4v) is 8.43. The number of anilines is 1. The van der Waals surface area contributed by atoms with Crippen LogP contribution in [-0.2, 0) is 33.2 Å². The maximum absolute atomic E-state index is 14.3. The zero-order chi connectivity index (χ0) is 45.5. The number of carboxylic acids is 2. The molecule has 0 aliphatic carbocycles. The van der Waals surface area contributed by atoms with Crippen LogP contribution in [0.15, 0.2) is 97.1 Å². The van der Waals surface area contributed by atoms with Crippen molar-refractivity contribution in [3.8, 4) is 16.9 Å². The van der Waals surface area contributed by atoms with Crippen molar-refractivity contribution >= 4 is 36.4 Å². The SMILES string of the molecule is O=C(O)C1O[C@@H](Oc2cc(-c3ccc(P(=O)(O)O)cc3)ccc2[C@@H]2[C@@H](CC[C@H](O[C@@H]3OC(C(=O)O)[C@@H](O)[C@H](O)C3O)c3ccc(F)cc3)C(=O)N2c2ccccc2)C(O)[C@@H](O)[C@@H]1O. The van der Waals surface area contributed by atoms with Crippen LogP contribution in [0.4, 0.5) is 10.1 Å². The van der Waals surface area contributed by atoms with Crippen LogP contribution < -0.4 is 14.9 Å². The van der Waals surface area contributed by atoms with Crippen LogP contribution in [0.3, 0.4) is 0 Å². The number of benzene rings is 4. The first kappa shape index (κ1) is 45.8. The lowest BCUT2D eigenvalue weighted by molar-refractivity contribution is -0.306. The highest BCUT2D eigenvalue weighted by atomic mass is 31.2. The summed E-state index contributed by atoms with van der Waals surface area (Å²) >= 11 is 0. The van der Waals surface area contributed by atoms with Gasteiger partial charge in [0.2, 0.25) is 12.2 Å². The summed E-state index contributed by atoms with van der Waals surface area (Å²) in [6.45, 7) is 0. The molecule has 0 spiro atoms. The van der Waals surface area contributed by atoms with E-state index >= 15 is 0 Å². The summed E-state index contributed by atoms with van der Waals surface area (Å²) in [4.78, 5) is 58.9. The van der Waals surface area contributed by atoms with Gasteiger partial charge in [-0.15, -0.1) is 0 Å². The minimum atomic E-state index is -4.61. The highest BCUT2D eigenvalue weighted by molar-refractivity contribution is 7.60. The maximum atomic E-state index is 14.3. The van der Waals surface area contributed by atoms with E-state index in [-0.39, 0.29) is 29.5 Å². The molecule has 7 rings (SSSR count). The van der Waals surface area contributed by atoms with E-state index in [0.717, 1.165) is 12.1 Å². The van der Waals surface area contributed by atoms with E-state index in [0.29, 0.717) is 22.4 Å². The molecule has 0 bridgehead atoms. The number of hydrogen-bond acceptors (Lipinski definition) is 14. The van der Waals surface area contributed by atoms with E-state index in [9.17, 15) is 74.0 Å². The first-order valence-corrected chi connectivity index (χ1v) is 21.1. The van der Waals surface area contributed by atoms with Crippen molar-refractivity contribution in [1.82, 2.24) is 0 Å². The summed E-state index contributed by atoms with van der Waals surface area (Å²) in [6.07, 6.45) is -21.1. The van der Waals surface area contributed by atoms with Crippen LogP contribution in [0.1, 0.15) is 36.1 Å². The Hall–Kier alpha value is -5.19. The fourth-order valence-electron chi connectivity index (χ4n) is 7.89. The van der Waals surface area contributed by atoms with Gasteiger partial charge >= 0.3 is 19.5 Å². The van der Waals surface area contributed by atoms with Crippen LogP contribution >= 0.6 is 7.60 Å². The smallest absolute Gasteiger partial charge is 0.356 e. The van der Waals surface area contributed by atoms with Gasteiger partial charge in [0, 0.05) is 11.3 Å². The quantitative estimate of drug-likeness (QED) is 0.0615. The van der Waals surface area contributed by atoms with Crippen molar-refractivity contribution in [2.24, 2.45) is 5.92 Å². The third-order valence-corrected chi connectivity index (χ3v) is 12.2. The molecule has 3 fully saturated rings. The van der Waals surface area contributed by atoms with E-state index in [1.54, 1.807) is 42.5 Å². The Morgan fingerprint density at radius 1 is 0.714 bits per heavy atom. The number of aliphatic hydroxyl groups is 6. The average molecular weight is 900 g/mol. The molecule has 13 atom stereocenters. The Morgan fingerprint density at radius 2 is 1.27 bits per heavy atom. The van der Waals surface area contributed by atoms with E-state index in [1.165, 1.54) is 47.4 Å². The van der Waals surface area contributed by atoms with Crippen molar-refractivity contribution in [3.63, 3.8) is 0 Å². The van der Waals surface area contributed by atoms with Crippen molar-refractivity contribution in [2.75, 3.05) is 4.90 Å². The summed E-state index contributed by atoms with van der Waals surface area (Å²) in [7, 11) is -4.61. The number of ether oxygens (including phenoxy) is 4. The number of aliphatic carboxylic acids is 2. The topological polar surface area (TPSA) is 311 Å². The second kappa shape index (κ2) is 18.5. The fraction of sp³-hybridized carbons (Fsp3) is 0.357. The highest BCUT2D eigenvalue weighted by Crippen LogP contribution is 2.50. The Kier molecular flexibility index (Phi) is 13.5. The molecular formula is C42H43FNO18P. The summed E-state index contributed by atoms with van der Waals surface area (Å²) in [5, 5.41) is 82.5. The molecule has 4 aromatic rings. The molecule has 4 unspecified atom stereocenters. The molecule has 3 aliphatic rings. The van der Waals surface area contributed by atoms with Gasteiger partial charge in [0.1, 0.15) is 48.2 Å². The minimum absolute atomic E-state index is 0.0369. The number of halogens is 1. The predicted molar refractivity (Wildman–Crippen MR) is 212 cm³/mol. The minimum Gasteiger partial charge on any atom is -0.479 e. The highest BCUT2D eigenvalue weighted by Gasteiger charge is 2.53. The number of rotatable bonds is 14. The molecule has 336 valence electrons. The van der Waals surface area contributed by atoms with Gasteiger partial charge in [-0.25, -0.2) is 14.0 Å². The Labute approximate surface area is 356 Å². The number of nitrogens with zero attached hydrogens (tertiary/aromatic N) is 1. The van der Waals surface area contributed by atoms with Gasteiger partial charge < -0.3 is 74.5 Å². The van der Waals surface area contributed by atoms with Gasteiger partial charge in [-0.05, 0) is 72.0 Å². The molecule has 1 amide bonds. The molecule has 0 aromatic heterocycles. The molecule has 0 radical (unpaired) electrons. The maximum Gasteiger partial charge on any atom is 0.356 e. The van der Waals surface area contributed by atoms with Crippen LogP contribution in [0.5, 0.6) is 5.75 Å². The molecule has 3 aliphatic heterocycles. The van der Waals surface area contributed by atoms with Gasteiger partial charge in [0.25, 0.3) is 0 Å².